The molecule has 0 radical (unpaired) electrons. The topological polar surface area (TPSA) is 47.9 Å². The number of guanidine groups is 1. The number of amides is 1. The Hall–Kier alpha value is -0.530. The summed E-state index contributed by atoms with van der Waals surface area (Å²) in [5.74, 6) is 0.959. The van der Waals surface area contributed by atoms with Crippen molar-refractivity contribution in [1.82, 2.24) is 15.1 Å². The first-order chi connectivity index (χ1) is 9.56. The molecule has 0 aromatic heterocycles. The van der Waals surface area contributed by atoms with Gasteiger partial charge >= 0.3 is 0 Å². The lowest BCUT2D eigenvalue weighted by atomic mass is 9.73. The normalized spacial score (nSPS) is 21.1. The van der Waals surface area contributed by atoms with Crippen LogP contribution in [-0.4, -0.2) is 62.4 Å². The van der Waals surface area contributed by atoms with E-state index in [2.05, 4.69) is 15.2 Å². The highest BCUT2D eigenvalue weighted by atomic mass is 127. The Morgan fingerprint density at radius 3 is 2.48 bits per heavy atom. The number of rotatable bonds is 2. The van der Waals surface area contributed by atoms with Crippen molar-refractivity contribution >= 4 is 35.8 Å². The minimum Gasteiger partial charge on any atom is -0.347 e. The maximum Gasteiger partial charge on any atom is 0.241 e. The number of likely N-dealkylation sites (tertiary alicyclic amines) is 1. The van der Waals surface area contributed by atoms with Crippen LogP contribution in [0.1, 0.15) is 38.5 Å². The largest absolute Gasteiger partial charge is 0.347 e. The second kappa shape index (κ2) is 8.19. The fraction of sp³-hybridized carbons (Fsp3) is 0.867. The number of nitrogens with one attached hydrogen (secondary N) is 1. The Labute approximate surface area is 145 Å². The van der Waals surface area contributed by atoms with Gasteiger partial charge in [0.15, 0.2) is 5.96 Å². The zero-order valence-electron chi connectivity index (χ0n) is 13.5. The monoisotopic (exact) mass is 408 g/mol. The second-order valence-electron chi connectivity index (χ2n) is 6.42. The van der Waals surface area contributed by atoms with Crippen LogP contribution in [0.2, 0.25) is 0 Å². The molecule has 1 amide bonds. The van der Waals surface area contributed by atoms with Crippen LogP contribution in [0.5, 0.6) is 0 Å². The van der Waals surface area contributed by atoms with Crippen molar-refractivity contribution in [2.45, 2.75) is 38.5 Å². The SMILES string of the molecule is CN=C(NCC(=O)N(C)C)N1CCC2(CCCCC2)C1.I. The molecule has 6 heteroatoms. The number of likely N-dealkylation sites (N-methyl/N-ethyl adjacent to an activating group) is 1. The highest BCUT2D eigenvalue weighted by Gasteiger charge is 2.39. The highest BCUT2D eigenvalue weighted by molar-refractivity contribution is 14.0. The molecule has 1 aliphatic carbocycles. The zero-order chi connectivity index (χ0) is 14.6. The van der Waals surface area contributed by atoms with Crippen LogP contribution in [0.3, 0.4) is 0 Å². The van der Waals surface area contributed by atoms with Gasteiger partial charge in [-0.05, 0) is 24.7 Å². The molecule has 1 aliphatic heterocycles. The molecule has 0 aromatic rings. The van der Waals surface area contributed by atoms with E-state index in [4.69, 9.17) is 0 Å². The molecule has 2 fully saturated rings. The van der Waals surface area contributed by atoms with Crippen molar-refractivity contribution < 1.29 is 4.79 Å². The Morgan fingerprint density at radius 2 is 1.90 bits per heavy atom. The highest BCUT2D eigenvalue weighted by Crippen LogP contribution is 2.43. The van der Waals surface area contributed by atoms with E-state index in [1.165, 1.54) is 38.5 Å². The fourth-order valence-electron chi connectivity index (χ4n) is 3.47. The summed E-state index contributed by atoms with van der Waals surface area (Å²) in [4.78, 5) is 19.9. The lowest BCUT2D eigenvalue weighted by molar-refractivity contribution is -0.127. The van der Waals surface area contributed by atoms with E-state index < -0.39 is 0 Å². The molecule has 2 rings (SSSR count). The van der Waals surface area contributed by atoms with Crippen molar-refractivity contribution in [1.29, 1.82) is 0 Å². The van der Waals surface area contributed by atoms with E-state index >= 15 is 0 Å². The second-order valence-corrected chi connectivity index (χ2v) is 6.42. The van der Waals surface area contributed by atoms with Crippen LogP contribution in [0.15, 0.2) is 4.99 Å². The first-order valence-electron chi connectivity index (χ1n) is 7.72. The Balaban J connectivity index is 0.00000220. The number of hydrogen-bond donors (Lipinski definition) is 1. The summed E-state index contributed by atoms with van der Waals surface area (Å²) in [6.45, 7) is 2.49. The van der Waals surface area contributed by atoms with Gasteiger partial charge < -0.3 is 15.1 Å². The molecule has 1 saturated carbocycles. The predicted molar refractivity (Wildman–Crippen MR) is 97.2 cm³/mol. The van der Waals surface area contributed by atoms with Crippen LogP contribution in [0.25, 0.3) is 0 Å². The minimum atomic E-state index is 0. The van der Waals surface area contributed by atoms with Crippen molar-refractivity contribution in [3.63, 3.8) is 0 Å². The standard InChI is InChI=1S/C15H28N4O.HI/c1-16-14(17-11-13(20)18(2)3)19-10-9-15(12-19)7-5-4-6-8-15;/h4-12H2,1-3H3,(H,16,17);1H. The molecule has 1 heterocycles. The summed E-state index contributed by atoms with van der Waals surface area (Å²) >= 11 is 0. The van der Waals surface area contributed by atoms with Crippen molar-refractivity contribution in [2.24, 2.45) is 10.4 Å². The molecule has 5 nitrogen and oxygen atoms in total. The van der Waals surface area contributed by atoms with Gasteiger partial charge in [0.1, 0.15) is 0 Å². The Bertz CT molecular complexity index is 378. The third-order valence-electron chi connectivity index (χ3n) is 4.76. The average molecular weight is 408 g/mol. The molecular formula is C15H29IN4O. The lowest BCUT2D eigenvalue weighted by Crippen LogP contribution is -2.45. The number of aliphatic imine (C=N–C) groups is 1. The van der Waals surface area contributed by atoms with Gasteiger partial charge in [0.05, 0.1) is 6.54 Å². The first-order valence-corrected chi connectivity index (χ1v) is 7.72. The van der Waals surface area contributed by atoms with Crippen LogP contribution < -0.4 is 5.32 Å². The third-order valence-corrected chi connectivity index (χ3v) is 4.76. The van der Waals surface area contributed by atoms with Crippen LogP contribution >= 0.6 is 24.0 Å². The Kier molecular flexibility index (Phi) is 7.23. The smallest absolute Gasteiger partial charge is 0.241 e. The summed E-state index contributed by atoms with van der Waals surface area (Å²) in [5, 5.41) is 3.20. The zero-order valence-corrected chi connectivity index (χ0v) is 15.9. The molecule has 1 N–H and O–H groups in total. The Morgan fingerprint density at radius 1 is 1.24 bits per heavy atom. The van der Waals surface area contributed by atoms with E-state index in [1.807, 2.05) is 0 Å². The molecular weight excluding hydrogens is 379 g/mol. The van der Waals surface area contributed by atoms with E-state index in [-0.39, 0.29) is 29.9 Å². The molecule has 0 aromatic carbocycles. The average Bonchev–Trinajstić information content (AvgIpc) is 2.83. The molecule has 2 aliphatic rings. The van der Waals surface area contributed by atoms with Gasteiger partial charge in [0, 0.05) is 34.2 Å². The number of halogens is 1. The molecule has 122 valence electrons. The summed E-state index contributed by atoms with van der Waals surface area (Å²) in [6.07, 6.45) is 8.13. The number of carbonyl (C=O) groups is 1. The van der Waals surface area contributed by atoms with Gasteiger partial charge in [0.25, 0.3) is 0 Å². The summed E-state index contributed by atoms with van der Waals surface area (Å²) in [7, 11) is 5.35. The molecule has 21 heavy (non-hydrogen) atoms. The van der Waals surface area contributed by atoms with Crippen LogP contribution in [0.4, 0.5) is 0 Å². The molecule has 1 saturated heterocycles. The number of carbonyl (C=O) groups excluding carboxylic acids is 1. The van der Waals surface area contributed by atoms with Gasteiger partial charge in [-0.2, -0.15) is 0 Å². The van der Waals surface area contributed by atoms with Gasteiger partial charge in [-0.3, -0.25) is 9.79 Å². The van der Waals surface area contributed by atoms with Gasteiger partial charge in [0.2, 0.25) is 5.91 Å². The quantitative estimate of drug-likeness (QED) is 0.432. The fourth-order valence-corrected chi connectivity index (χ4v) is 3.47. The van der Waals surface area contributed by atoms with Crippen molar-refractivity contribution in [3.05, 3.63) is 0 Å². The minimum absolute atomic E-state index is 0. The lowest BCUT2D eigenvalue weighted by Gasteiger charge is -2.33. The van der Waals surface area contributed by atoms with Gasteiger partial charge in [-0.15, -0.1) is 24.0 Å². The summed E-state index contributed by atoms with van der Waals surface area (Å²) < 4.78 is 0. The number of hydrogen-bond acceptors (Lipinski definition) is 2. The van der Waals surface area contributed by atoms with Crippen LogP contribution in [-0.2, 0) is 4.79 Å². The summed E-state index contributed by atoms with van der Waals surface area (Å²) in [5.41, 5.74) is 0.515. The molecule has 0 bridgehead atoms. The van der Waals surface area contributed by atoms with Gasteiger partial charge in [-0.25, -0.2) is 0 Å². The maximum absolute atomic E-state index is 11.7. The van der Waals surface area contributed by atoms with Crippen LogP contribution in [0, 0.1) is 5.41 Å². The maximum atomic E-state index is 11.7. The predicted octanol–water partition coefficient (Wildman–Crippen LogP) is 1.92. The summed E-state index contributed by atoms with van der Waals surface area (Å²) in [6, 6.07) is 0. The van der Waals surface area contributed by atoms with Crippen molar-refractivity contribution in [3.8, 4) is 0 Å². The molecule has 0 atom stereocenters. The van der Waals surface area contributed by atoms with E-state index in [0.29, 0.717) is 12.0 Å². The molecule has 1 spiro atoms. The van der Waals surface area contributed by atoms with Gasteiger partial charge in [-0.1, -0.05) is 19.3 Å². The molecule has 0 unspecified atom stereocenters. The van der Waals surface area contributed by atoms with E-state index in [9.17, 15) is 4.79 Å². The van der Waals surface area contributed by atoms with Crippen molar-refractivity contribution in [2.75, 3.05) is 40.8 Å². The first kappa shape index (κ1) is 18.5. The van der Waals surface area contributed by atoms with E-state index in [1.54, 1.807) is 26.0 Å². The third kappa shape index (κ3) is 4.72. The van der Waals surface area contributed by atoms with E-state index in [0.717, 1.165) is 19.0 Å². The number of nitrogens with zero attached hydrogens (tertiary/aromatic N) is 3.